The third-order valence-corrected chi connectivity index (χ3v) is 1.60. The molecule has 0 heterocycles. The molecule has 1 N–H and O–H groups in total. The quantitative estimate of drug-likeness (QED) is 0.579. The molecule has 8 heteroatoms. The first-order chi connectivity index (χ1) is 6.72. The summed E-state index contributed by atoms with van der Waals surface area (Å²) in [5.41, 5.74) is -1.31. The van der Waals surface area contributed by atoms with Gasteiger partial charge in [-0.3, -0.25) is 0 Å². The molecule has 0 aliphatic rings. The number of phenols is 1. The van der Waals surface area contributed by atoms with Crippen molar-refractivity contribution in [2.24, 2.45) is 0 Å². The Balaban J connectivity index is 3.21. The van der Waals surface area contributed by atoms with E-state index in [1.54, 1.807) is 0 Å². The van der Waals surface area contributed by atoms with E-state index < -0.39 is 28.8 Å². The van der Waals surface area contributed by atoms with E-state index in [1.807, 2.05) is 0 Å². The zero-order valence-electron chi connectivity index (χ0n) is 7.30. The predicted molar refractivity (Wildman–Crippen MR) is 51.0 cm³/mol. The second-order valence-corrected chi connectivity index (χ2v) is 2.69. The fraction of sp³-hybridized carbons (Fsp3) is 0.143. The maximum Gasteiger partial charge on any atom is 0.573 e. The highest BCUT2D eigenvalue weighted by Crippen LogP contribution is 2.20. The number of hydrogen-bond donors (Lipinski definition) is 1. The van der Waals surface area contributed by atoms with E-state index in [2.05, 4.69) is 4.74 Å². The summed E-state index contributed by atoms with van der Waals surface area (Å²) in [7, 11) is 15.6. The lowest BCUT2D eigenvalue weighted by Crippen LogP contribution is -2.34. The molecule has 0 saturated carbocycles. The van der Waals surface area contributed by atoms with Crippen molar-refractivity contribution in [3.05, 3.63) is 6.07 Å². The molecule has 72 valence electrons. The van der Waals surface area contributed by atoms with Crippen LogP contribution >= 0.6 is 0 Å². The maximum absolute atomic E-state index is 11.9. The van der Waals surface area contributed by atoms with E-state index >= 15 is 0 Å². The second kappa shape index (κ2) is 3.75. The van der Waals surface area contributed by atoms with Gasteiger partial charge < -0.3 is 9.84 Å². The van der Waals surface area contributed by atoms with Gasteiger partial charge in [0.15, 0.2) is 0 Å². The molecule has 0 atom stereocenters. The highest BCUT2D eigenvalue weighted by molar-refractivity contribution is 6.53. The Morgan fingerprint density at radius 3 is 2.13 bits per heavy atom. The highest BCUT2D eigenvalue weighted by atomic mass is 19.4. The van der Waals surface area contributed by atoms with Gasteiger partial charge in [-0.15, -0.1) is 13.2 Å². The van der Waals surface area contributed by atoms with Crippen LogP contribution in [0.5, 0.6) is 11.5 Å². The number of halogens is 3. The van der Waals surface area contributed by atoms with Crippen LogP contribution in [0.4, 0.5) is 13.2 Å². The minimum absolute atomic E-state index is 0.346. The van der Waals surface area contributed by atoms with Crippen molar-refractivity contribution in [3.63, 3.8) is 0 Å². The average Bonchev–Trinajstić information content (AvgIpc) is 2.08. The largest absolute Gasteiger partial charge is 0.573 e. The van der Waals surface area contributed by atoms with Crippen molar-refractivity contribution in [1.82, 2.24) is 0 Å². The van der Waals surface area contributed by atoms with Gasteiger partial charge in [-0.1, -0.05) is 16.4 Å². The van der Waals surface area contributed by atoms with Crippen LogP contribution in [0.2, 0.25) is 0 Å². The molecular formula is C7H2B3F3O2. The highest BCUT2D eigenvalue weighted by Gasteiger charge is 2.32. The number of rotatable bonds is 1. The smallest absolute Gasteiger partial charge is 0.509 e. The second-order valence-electron chi connectivity index (χ2n) is 2.69. The van der Waals surface area contributed by atoms with Gasteiger partial charge in [0.25, 0.3) is 0 Å². The number of ether oxygens (including phenoxy) is 1. The molecule has 6 radical (unpaired) electrons. The molecule has 0 aliphatic heterocycles. The van der Waals surface area contributed by atoms with Crippen LogP contribution in [0.25, 0.3) is 0 Å². The SMILES string of the molecule is [B]c1cc(OC(F)(F)F)c([B])c([B])c1O. The molecule has 0 unspecified atom stereocenters. The summed E-state index contributed by atoms with van der Waals surface area (Å²) < 4.78 is 39.1. The standard InChI is InChI=1S/C7H2B3F3O2/c8-2-1-3(15-7(11,12)13)4(9)5(10)6(2)14/h1,14H. The number of phenolic OH excluding ortho intramolecular Hbond substituents is 1. The molecule has 1 rings (SSSR count). The maximum atomic E-state index is 11.9. The molecular weight excluding hydrogens is 206 g/mol. The van der Waals surface area contributed by atoms with Crippen LogP contribution in [-0.4, -0.2) is 35.0 Å². The van der Waals surface area contributed by atoms with Gasteiger partial charge in [0.05, 0.1) is 0 Å². The van der Waals surface area contributed by atoms with Crippen molar-refractivity contribution in [2.75, 3.05) is 0 Å². The third-order valence-electron chi connectivity index (χ3n) is 1.60. The summed E-state index contributed by atoms with van der Waals surface area (Å²) in [6.45, 7) is 0. The van der Waals surface area contributed by atoms with E-state index in [1.165, 1.54) is 0 Å². The molecule has 15 heavy (non-hydrogen) atoms. The van der Waals surface area contributed by atoms with Crippen molar-refractivity contribution in [3.8, 4) is 11.5 Å². The van der Waals surface area contributed by atoms with Crippen LogP contribution in [-0.2, 0) is 0 Å². The number of hydrogen-bond acceptors (Lipinski definition) is 2. The van der Waals surface area contributed by atoms with Gasteiger partial charge in [-0.2, -0.15) is 0 Å². The van der Waals surface area contributed by atoms with E-state index in [9.17, 15) is 13.2 Å². The first kappa shape index (κ1) is 11.9. The van der Waals surface area contributed by atoms with Crippen molar-refractivity contribution in [1.29, 1.82) is 0 Å². The molecule has 0 bridgehead atoms. The summed E-state index contributed by atoms with van der Waals surface area (Å²) in [6.07, 6.45) is -4.90. The topological polar surface area (TPSA) is 29.5 Å². The monoisotopic (exact) mass is 208 g/mol. The number of aromatic hydroxyl groups is 1. The van der Waals surface area contributed by atoms with Crippen LogP contribution in [0.15, 0.2) is 6.07 Å². The Kier molecular flexibility index (Phi) is 2.97. The van der Waals surface area contributed by atoms with E-state index in [4.69, 9.17) is 28.6 Å². The molecule has 0 spiro atoms. The zero-order valence-corrected chi connectivity index (χ0v) is 7.30. The van der Waals surface area contributed by atoms with Crippen LogP contribution < -0.4 is 21.1 Å². The van der Waals surface area contributed by atoms with Crippen molar-refractivity contribution < 1.29 is 23.0 Å². The van der Waals surface area contributed by atoms with Crippen LogP contribution in [0, 0.1) is 0 Å². The van der Waals surface area contributed by atoms with Gasteiger partial charge in [-0.25, -0.2) is 0 Å². The van der Waals surface area contributed by atoms with Crippen LogP contribution in [0.1, 0.15) is 0 Å². The Labute approximate surface area is 87.7 Å². The molecule has 0 saturated heterocycles. The first-order valence-electron chi connectivity index (χ1n) is 3.64. The average molecular weight is 208 g/mol. The summed E-state index contributed by atoms with van der Waals surface area (Å²) in [5, 5.41) is 9.14. The third kappa shape index (κ3) is 2.64. The Bertz CT molecular complexity index is 392. The molecule has 1 aromatic rings. The molecule has 1 aromatic carbocycles. The van der Waals surface area contributed by atoms with Gasteiger partial charge in [0.1, 0.15) is 35.0 Å². The summed E-state index contributed by atoms with van der Waals surface area (Å²) in [5.74, 6) is -1.31. The number of benzene rings is 1. The van der Waals surface area contributed by atoms with Gasteiger partial charge >= 0.3 is 6.36 Å². The summed E-state index contributed by atoms with van der Waals surface area (Å²) in [4.78, 5) is 0. The normalized spacial score (nSPS) is 11.4. The molecule has 2 nitrogen and oxygen atoms in total. The van der Waals surface area contributed by atoms with E-state index in [0.29, 0.717) is 0 Å². The Hall–Kier alpha value is -1.20. The van der Waals surface area contributed by atoms with Gasteiger partial charge in [-0.05, 0) is 6.07 Å². The van der Waals surface area contributed by atoms with Gasteiger partial charge in [0, 0.05) is 0 Å². The Morgan fingerprint density at radius 1 is 1.13 bits per heavy atom. The lowest BCUT2D eigenvalue weighted by atomic mass is 9.75. The van der Waals surface area contributed by atoms with Gasteiger partial charge in [0.2, 0.25) is 0 Å². The lowest BCUT2D eigenvalue weighted by Gasteiger charge is -2.16. The predicted octanol–water partition coefficient (Wildman–Crippen LogP) is -1.33. The molecule has 0 fully saturated rings. The van der Waals surface area contributed by atoms with E-state index in [-0.39, 0.29) is 5.46 Å². The summed E-state index contributed by atoms with van der Waals surface area (Å²) in [6, 6.07) is 0.745. The molecule has 0 amide bonds. The van der Waals surface area contributed by atoms with Crippen LogP contribution in [0.3, 0.4) is 0 Å². The fourth-order valence-corrected chi connectivity index (χ4v) is 0.912. The van der Waals surface area contributed by atoms with E-state index in [0.717, 1.165) is 6.07 Å². The first-order valence-corrected chi connectivity index (χ1v) is 3.64. The fourth-order valence-electron chi connectivity index (χ4n) is 0.912. The molecule has 0 aromatic heterocycles. The lowest BCUT2D eigenvalue weighted by molar-refractivity contribution is -0.274. The Morgan fingerprint density at radius 2 is 1.67 bits per heavy atom. The molecule has 0 aliphatic carbocycles. The number of alkyl halides is 3. The zero-order chi connectivity index (χ0) is 11.8. The minimum atomic E-state index is -4.90. The van der Waals surface area contributed by atoms with Crippen molar-refractivity contribution >= 4 is 39.9 Å². The minimum Gasteiger partial charge on any atom is -0.509 e. The van der Waals surface area contributed by atoms with Crippen molar-refractivity contribution in [2.45, 2.75) is 6.36 Å². The summed E-state index contributed by atoms with van der Waals surface area (Å²) >= 11 is 0.